The van der Waals surface area contributed by atoms with Crippen LogP contribution in [0.5, 0.6) is 0 Å². The molecule has 3 aromatic rings. The first-order chi connectivity index (χ1) is 16.1. The van der Waals surface area contributed by atoms with E-state index >= 15 is 0 Å². The van der Waals surface area contributed by atoms with E-state index in [1.807, 2.05) is 36.4 Å². The summed E-state index contributed by atoms with van der Waals surface area (Å²) in [4.78, 5) is 17.1. The van der Waals surface area contributed by atoms with Crippen LogP contribution in [0.4, 0.5) is 0 Å². The van der Waals surface area contributed by atoms with Crippen molar-refractivity contribution in [3.8, 4) is 17.3 Å². The van der Waals surface area contributed by atoms with Crippen molar-refractivity contribution in [2.24, 2.45) is 10.9 Å². The molecule has 0 N–H and O–H groups in total. The summed E-state index contributed by atoms with van der Waals surface area (Å²) in [7, 11) is 1.64. The number of nitriles is 1. The van der Waals surface area contributed by atoms with Gasteiger partial charge in [0.05, 0.1) is 42.9 Å². The number of hydrogen-bond acceptors (Lipinski definition) is 5. The molecule has 0 bridgehead atoms. The van der Waals surface area contributed by atoms with E-state index in [1.54, 1.807) is 31.5 Å². The van der Waals surface area contributed by atoms with Gasteiger partial charge >= 0.3 is 0 Å². The number of hydrogen-bond donors (Lipinski definition) is 0. The predicted octanol–water partition coefficient (Wildman–Crippen LogP) is 4.81. The topological polar surface area (TPSA) is 80.3 Å². The lowest BCUT2D eigenvalue weighted by atomic mass is 10.0. The number of ether oxygens (including phenoxy) is 1. The van der Waals surface area contributed by atoms with Gasteiger partial charge < -0.3 is 4.74 Å². The van der Waals surface area contributed by atoms with Crippen LogP contribution in [0.15, 0.2) is 88.4 Å². The highest BCUT2D eigenvalue weighted by Gasteiger charge is 2.09. The highest BCUT2D eigenvalue weighted by Crippen LogP contribution is 2.23. The summed E-state index contributed by atoms with van der Waals surface area (Å²) in [6.07, 6.45) is 6.77. The summed E-state index contributed by atoms with van der Waals surface area (Å²) in [5.41, 5.74) is 4.58. The Morgan fingerprint density at radius 1 is 1.12 bits per heavy atom. The van der Waals surface area contributed by atoms with E-state index in [2.05, 4.69) is 35.2 Å². The molecule has 0 aliphatic carbocycles. The lowest BCUT2D eigenvalue weighted by molar-refractivity contribution is 0.313. The van der Waals surface area contributed by atoms with Crippen LogP contribution in [0.25, 0.3) is 17.0 Å². The monoisotopic (exact) mass is 436 g/mol. The molecule has 0 radical (unpaired) electrons. The Kier molecular flexibility index (Phi) is 6.61. The second kappa shape index (κ2) is 9.92. The fourth-order valence-corrected chi connectivity index (χ4v) is 3.65. The molecule has 1 atom stereocenters. The molecule has 0 spiro atoms. The minimum atomic E-state index is -0.188. The van der Waals surface area contributed by atoms with E-state index in [-0.39, 0.29) is 5.56 Å². The zero-order chi connectivity index (χ0) is 23.2. The third kappa shape index (κ3) is 5.34. The normalized spacial score (nSPS) is 19.7. The van der Waals surface area contributed by atoms with Crippen molar-refractivity contribution in [2.75, 3.05) is 7.11 Å². The van der Waals surface area contributed by atoms with Crippen LogP contribution < -0.4 is 5.56 Å². The first-order valence-electron chi connectivity index (χ1n) is 10.7. The van der Waals surface area contributed by atoms with Crippen molar-refractivity contribution >= 4 is 11.9 Å². The van der Waals surface area contributed by atoms with Crippen molar-refractivity contribution in [3.05, 3.63) is 106 Å². The lowest BCUT2D eigenvalue weighted by Gasteiger charge is -2.12. The summed E-state index contributed by atoms with van der Waals surface area (Å²) in [6, 6.07) is 20.5. The molecule has 2 heterocycles. The van der Waals surface area contributed by atoms with Gasteiger partial charge in [0, 0.05) is 17.2 Å². The fourth-order valence-electron chi connectivity index (χ4n) is 3.65. The van der Waals surface area contributed by atoms with Crippen LogP contribution in [-0.2, 0) is 11.3 Å². The molecule has 1 aromatic heterocycles. The number of aliphatic imine (C=N–C) groups is 1. The Balaban J connectivity index is 1.63. The van der Waals surface area contributed by atoms with Gasteiger partial charge in [-0.05, 0) is 48.2 Å². The van der Waals surface area contributed by atoms with Gasteiger partial charge in [-0.1, -0.05) is 43.3 Å². The molecule has 0 amide bonds. The molecule has 164 valence electrons. The Bertz CT molecular complexity index is 1360. The summed E-state index contributed by atoms with van der Waals surface area (Å²) in [6.45, 7) is 2.47. The minimum Gasteiger partial charge on any atom is -0.495 e. The standard InChI is InChI=1S/C27H24N4O2/c1-19-9-10-25(29-17-24(13-19)33-2)22-7-4-6-21(15-22)18-31-27(32)12-11-26(30-31)23-8-3-5-20(14-23)16-28/h3-8,10-15,17,19H,9,18H2,1-2H3/b24-13+,25-10+,29-17+. The maximum atomic E-state index is 12.5. The van der Waals surface area contributed by atoms with Crippen LogP contribution in [-0.4, -0.2) is 23.1 Å². The third-order valence-electron chi connectivity index (χ3n) is 5.41. The van der Waals surface area contributed by atoms with Gasteiger partial charge in [0.1, 0.15) is 5.76 Å². The van der Waals surface area contributed by atoms with E-state index < -0.39 is 0 Å². The maximum Gasteiger partial charge on any atom is 0.267 e. The van der Waals surface area contributed by atoms with E-state index in [0.717, 1.165) is 34.6 Å². The summed E-state index contributed by atoms with van der Waals surface area (Å²) < 4.78 is 6.82. The van der Waals surface area contributed by atoms with Crippen molar-refractivity contribution in [1.29, 1.82) is 5.26 Å². The van der Waals surface area contributed by atoms with E-state index in [1.165, 1.54) is 10.7 Å². The second-order valence-electron chi connectivity index (χ2n) is 7.94. The van der Waals surface area contributed by atoms with Crippen molar-refractivity contribution in [2.45, 2.75) is 19.9 Å². The molecule has 2 aromatic carbocycles. The number of aromatic nitrogens is 2. The molecule has 1 aliphatic heterocycles. The Morgan fingerprint density at radius 3 is 2.76 bits per heavy atom. The minimum absolute atomic E-state index is 0.188. The van der Waals surface area contributed by atoms with Crippen LogP contribution in [0, 0.1) is 17.2 Å². The van der Waals surface area contributed by atoms with E-state index in [0.29, 0.717) is 23.7 Å². The zero-order valence-electron chi connectivity index (χ0n) is 18.6. The Hall–Kier alpha value is -4.24. The van der Waals surface area contributed by atoms with Gasteiger partial charge in [0.2, 0.25) is 0 Å². The average molecular weight is 437 g/mol. The first-order valence-corrected chi connectivity index (χ1v) is 10.7. The van der Waals surface area contributed by atoms with Crippen molar-refractivity contribution in [3.63, 3.8) is 0 Å². The molecule has 1 aliphatic rings. The smallest absolute Gasteiger partial charge is 0.267 e. The fraction of sp³-hybridized carbons (Fsp3) is 0.185. The number of methoxy groups -OCH3 is 1. The largest absolute Gasteiger partial charge is 0.495 e. The molecule has 33 heavy (non-hydrogen) atoms. The van der Waals surface area contributed by atoms with E-state index in [9.17, 15) is 4.79 Å². The average Bonchev–Trinajstić information content (AvgIpc) is 2.83. The molecule has 1 unspecified atom stereocenters. The summed E-state index contributed by atoms with van der Waals surface area (Å²) in [5.74, 6) is 1.09. The zero-order valence-corrected chi connectivity index (χ0v) is 18.6. The van der Waals surface area contributed by atoms with Gasteiger partial charge in [0.25, 0.3) is 5.56 Å². The lowest BCUT2D eigenvalue weighted by Crippen LogP contribution is -2.22. The number of benzene rings is 2. The second-order valence-corrected chi connectivity index (χ2v) is 7.94. The van der Waals surface area contributed by atoms with Crippen molar-refractivity contribution in [1.82, 2.24) is 9.78 Å². The van der Waals surface area contributed by atoms with Crippen LogP contribution in [0.3, 0.4) is 0 Å². The summed E-state index contributed by atoms with van der Waals surface area (Å²) in [5, 5.41) is 13.7. The molecule has 6 heteroatoms. The van der Waals surface area contributed by atoms with Gasteiger partial charge in [-0.2, -0.15) is 10.4 Å². The van der Waals surface area contributed by atoms with Gasteiger partial charge in [0.15, 0.2) is 0 Å². The van der Waals surface area contributed by atoms with Crippen LogP contribution in [0.2, 0.25) is 0 Å². The highest BCUT2D eigenvalue weighted by molar-refractivity contribution is 5.83. The number of nitrogens with zero attached hydrogens (tertiary/aromatic N) is 4. The summed E-state index contributed by atoms with van der Waals surface area (Å²) >= 11 is 0. The number of rotatable bonds is 5. The van der Waals surface area contributed by atoms with Crippen LogP contribution in [0.1, 0.15) is 30.0 Å². The molecule has 0 saturated heterocycles. The van der Waals surface area contributed by atoms with Gasteiger partial charge in [-0.3, -0.25) is 9.79 Å². The van der Waals surface area contributed by atoms with Crippen molar-refractivity contribution < 1.29 is 4.74 Å². The SMILES string of the molecule is COC1=C\C(C)C/C=C(c2cccc(Cn3nc(-c4cccc(C#N)c4)ccc3=O)c2)/N=C/1. The molecule has 4 rings (SSSR count). The molecule has 0 saturated carbocycles. The third-order valence-corrected chi connectivity index (χ3v) is 5.41. The molecular formula is C27H24N4O2. The molecular weight excluding hydrogens is 412 g/mol. The van der Waals surface area contributed by atoms with Gasteiger partial charge in [-0.25, -0.2) is 4.68 Å². The number of allylic oxidation sites excluding steroid dienone is 3. The van der Waals surface area contributed by atoms with Crippen LogP contribution >= 0.6 is 0 Å². The maximum absolute atomic E-state index is 12.5. The van der Waals surface area contributed by atoms with E-state index in [4.69, 9.17) is 10.00 Å². The molecule has 6 nitrogen and oxygen atoms in total. The Labute approximate surface area is 192 Å². The quantitative estimate of drug-likeness (QED) is 0.575. The Morgan fingerprint density at radius 2 is 1.94 bits per heavy atom. The van der Waals surface area contributed by atoms with Gasteiger partial charge in [-0.15, -0.1) is 0 Å². The predicted molar refractivity (Wildman–Crippen MR) is 130 cm³/mol. The first kappa shape index (κ1) is 22.0. The highest BCUT2D eigenvalue weighted by atomic mass is 16.5. The molecule has 0 fully saturated rings.